The molecule has 0 aromatic rings. The molecular formula is C22H40N6O8. The van der Waals surface area contributed by atoms with Gasteiger partial charge in [0.25, 0.3) is 0 Å². The van der Waals surface area contributed by atoms with Crippen LogP contribution in [-0.2, 0) is 28.8 Å². The molecule has 4 unspecified atom stereocenters. The summed E-state index contributed by atoms with van der Waals surface area (Å²) in [5, 5.41) is 25.5. The van der Waals surface area contributed by atoms with Crippen molar-refractivity contribution in [1.82, 2.24) is 16.0 Å². The Balaban J connectivity index is 5.50. The first kappa shape index (κ1) is 32.7. The lowest BCUT2D eigenvalue weighted by molar-refractivity contribution is -0.143. The third-order valence-electron chi connectivity index (χ3n) is 5.22. The van der Waals surface area contributed by atoms with E-state index in [4.69, 9.17) is 22.3 Å². The third-order valence-corrected chi connectivity index (χ3v) is 5.22. The van der Waals surface area contributed by atoms with E-state index in [1.807, 2.05) is 0 Å². The Bertz CT molecular complexity index is 776. The second-order valence-electron chi connectivity index (χ2n) is 8.98. The molecule has 0 rings (SSSR count). The van der Waals surface area contributed by atoms with Crippen molar-refractivity contribution in [2.75, 3.05) is 6.54 Å². The van der Waals surface area contributed by atoms with Crippen molar-refractivity contribution >= 4 is 35.6 Å². The zero-order chi connectivity index (χ0) is 27.8. The van der Waals surface area contributed by atoms with Crippen LogP contribution < -0.4 is 33.2 Å². The van der Waals surface area contributed by atoms with Crippen LogP contribution in [0.1, 0.15) is 65.2 Å². The minimum atomic E-state index is -1.46. The summed E-state index contributed by atoms with van der Waals surface area (Å²) in [6.07, 6.45) is 0.499. The van der Waals surface area contributed by atoms with Gasteiger partial charge in [0.2, 0.25) is 23.6 Å². The van der Waals surface area contributed by atoms with E-state index in [0.29, 0.717) is 19.4 Å². The van der Waals surface area contributed by atoms with E-state index >= 15 is 0 Å². The fraction of sp³-hybridized carbons (Fsp3) is 0.727. The molecule has 0 aliphatic heterocycles. The molecule has 0 heterocycles. The molecule has 14 nitrogen and oxygen atoms in total. The lowest BCUT2D eigenvalue weighted by atomic mass is 10.0. The molecule has 0 saturated carbocycles. The van der Waals surface area contributed by atoms with Crippen LogP contribution in [0.2, 0.25) is 0 Å². The summed E-state index contributed by atoms with van der Waals surface area (Å²) < 4.78 is 0. The molecule has 0 saturated heterocycles. The predicted molar refractivity (Wildman–Crippen MR) is 129 cm³/mol. The number of hydrogen-bond acceptors (Lipinski definition) is 8. The van der Waals surface area contributed by atoms with Crippen molar-refractivity contribution in [3.05, 3.63) is 0 Å². The number of carboxylic acid groups (broad SMARTS) is 2. The number of rotatable bonds is 19. The van der Waals surface area contributed by atoms with E-state index in [1.54, 1.807) is 13.8 Å². The maximum atomic E-state index is 13.0. The number of carbonyl (C=O) groups excluding carboxylic acids is 4. The Hall–Kier alpha value is -3.26. The number of amides is 4. The molecule has 4 atom stereocenters. The van der Waals surface area contributed by atoms with Crippen molar-refractivity contribution in [3.8, 4) is 0 Å². The second kappa shape index (κ2) is 17.2. The Morgan fingerprint density at radius 1 is 0.750 bits per heavy atom. The van der Waals surface area contributed by atoms with Crippen LogP contribution in [-0.4, -0.2) is 76.5 Å². The third kappa shape index (κ3) is 14.2. The fourth-order valence-electron chi connectivity index (χ4n) is 3.24. The summed E-state index contributed by atoms with van der Waals surface area (Å²) in [4.78, 5) is 71.5. The molecule has 4 amide bonds. The molecule has 0 spiro atoms. The summed E-state index contributed by atoms with van der Waals surface area (Å²) in [6, 6.07) is -4.74. The number of hydrogen-bond donors (Lipinski definition) is 8. The molecule has 0 bridgehead atoms. The SMILES string of the molecule is CC(C)CC(NC(=O)C(CCCCN)NC(=O)C(N)CCC(N)=O)C(=O)NC(CCC(=O)O)C(=O)O. The van der Waals surface area contributed by atoms with Crippen molar-refractivity contribution in [1.29, 1.82) is 0 Å². The summed E-state index contributed by atoms with van der Waals surface area (Å²) in [5.74, 6) is -5.46. The zero-order valence-corrected chi connectivity index (χ0v) is 20.8. The molecule has 14 heteroatoms. The van der Waals surface area contributed by atoms with Crippen LogP contribution in [0.3, 0.4) is 0 Å². The van der Waals surface area contributed by atoms with Crippen LogP contribution in [0, 0.1) is 5.92 Å². The smallest absolute Gasteiger partial charge is 0.326 e. The minimum Gasteiger partial charge on any atom is -0.481 e. The van der Waals surface area contributed by atoms with Gasteiger partial charge in [0.1, 0.15) is 18.1 Å². The first-order chi connectivity index (χ1) is 16.8. The number of aliphatic carboxylic acids is 2. The maximum Gasteiger partial charge on any atom is 0.326 e. The van der Waals surface area contributed by atoms with Gasteiger partial charge in [0.15, 0.2) is 0 Å². The van der Waals surface area contributed by atoms with E-state index in [2.05, 4.69) is 16.0 Å². The summed E-state index contributed by atoms with van der Waals surface area (Å²) in [6.45, 7) is 3.96. The quantitative estimate of drug-likeness (QED) is 0.0889. The largest absolute Gasteiger partial charge is 0.481 e. The Kier molecular flexibility index (Phi) is 15.7. The number of nitrogens with two attached hydrogens (primary N) is 3. The normalized spacial score (nSPS) is 14.2. The van der Waals surface area contributed by atoms with Crippen LogP contribution in [0.4, 0.5) is 0 Å². The van der Waals surface area contributed by atoms with E-state index in [9.17, 15) is 33.9 Å². The molecule has 11 N–H and O–H groups in total. The van der Waals surface area contributed by atoms with Gasteiger partial charge in [-0.2, -0.15) is 0 Å². The highest BCUT2D eigenvalue weighted by Crippen LogP contribution is 2.09. The molecule has 36 heavy (non-hydrogen) atoms. The highest BCUT2D eigenvalue weighted by Gasteiger charge is 2.30. The van der Waals surface area contributed by atoms with E-state index in [-0.39, 0.29) is 38.0 Å². The Labute approximate surface area is 210 Å². The van der Waals surface area contributed by atoms with Crippen LogP contribution >= 0.6 is 0 Å². The van der Waals surface area contributed by atoms with Crippen molar-refractivity contribution < 1.29 is 39.0 Å². The standard InChI is InChI=1S/C22H40N6O8/c1-12(2)11-16(21(34)27-15(22(35)36)7-9-18(30)31)28-20(33)14(5-3-4-10-23)26-19(32)13(24)6-8-17(25)29/h12-16H,3-11,23-24H2,1-2H3,(H2,25,29)(H,26,32)(H,27,34)(H,28,33)(H,30,31)(H,35,36). The van der Waals surface area contributed by atoms with Gasteiger partial charge in [0, 0.05) is 12.8 Å². The van der Waals surface area contributed by atoms with Crippen molar-refractivity contribution in [2.45, 2.75) is 89.4 Å². The van der Waals surface area contributed by atoms with Gasteiger partial charge in [-0.15, -0.1) is 0 Å². The molecule has 0 aromatic heterocycles. The first-order valence-corrected chi connectivity index (χ1v) is 11.9. The Morgan fingerprint density at radius 3 is 1.81 bits per heavy atom. The monoisotopic (exact) mass is 516 g/mol. The number of nitrogens with one attached hydrogen (secondary N) is 3. The van der Waals surface area contributed by atoms with Gasteiger partial charge in [-0.05, 0) is 51.0 Å². The van der Waals surface area contributed by atoms with Crippen LogP contribution in [0.5, 0.6) is 0 Å². The number of primary amides is 1. The topological polar surface area (TPSA) is 257 Å². The number of carboxylic acids is 2. The van der Waals surface area contributed by atoms with E-state index in [1.165, 1.54) is 0 Å². The van der Waals surface area contributed by atoms with Crippen LogP contribution in [0.25, 0.3) is 0 Å². The van der Waals surface area contributed by atoms with Gasteiger partial charge < -0.3 is 43.4 Å². The first-order valence-electron chi connectivity index (χ1n) is 11.9. The zero-order valence-electron chi connectivity index (χ0n) is 20.8. The summed E-state index contributed by atoms with van der Waals surface area (Å²) in [7, 11) is 0. The van der Waals surface area contributed by atoms with Crippen LogP contribution in [0.15, 0.2) is 0 Å². The molecule has 0 radical (unpaired) electrons. The van der Waals surface area contributed by atoms with E-state index in [0.717, 1.165) is 0 Å². The van der Waals surface area contributed by atoms with Gasteiger partial charge >= 0.3 is 11.9 Å². The average Bonchev–Trinajstić information content (AvgIpc) is 2.77. The number of unbranched alkanes of at least 4 members (excludes halogenated alkanes) is 1. The fourth-order valence-corrected chi connectivity index (χ4v) is 3.24. The lowest BCUT2D eigenvalue weighted by Crippen LogP contribution is -2.57. The molecule has 206 valence electrons. The average molecular weight is 517 g/mol. The molecule has 0 fully saturated rings. The highest BCUT2D eigenvalue weighted by atomic mass is 16.4. The molecule has 0 aliphatic rings. The maximum absolute atomic E-state index is 13.0. The molecule has 0 aromatic carbocycles. The lowest BCUT2D eigenvalue weighted by Gasteiger charge is -2.26. The number of carbonyl (C=O) groups is 6. The minimum absolute atomic E-state index is 0.0103. The van der Waals surface area contributed by atoms with Crippen molar-refractivity contribution in [3.63, 3.8) is 0 Å². The second-order valence-corrected chi connectivity index (χ2v) is 8.98. The van der Waals surface area contributed by atoms with Crippen molar-refractivity contribution in [2.24, 2.45) is 23.1 Å². The molecule has 0 aliphatic carbocycles. The van der Waals surface area contributed by atoms with Gasteiger partial charge in [-0.3, -0.25) is 24.0 Å². The predicted octanol–water partition coefficient (Wildman–Crippen LogP) is -1.84. The Morgan fingerprint density at radius 2 is 1.31 bits per heavy atom. The van der Waals surface area contributed by atoms with Gasteiger partial charge in [0.05, 0.1) is 6.04 Å². The summed E-state index contributed by atoms with van der Waals surface area (Å²) in [5.41, 5.74) is 16.4. The van der Waals surface area contributed by atoms with Gasteiger partial charge in [-0.25, -0.2) is 4.79 Å². The molecular weight excluding hydrogens is 476 g/mol. The van der Waals surface area contributed by atoms with Gasteiger partial charge in [-0.1, -0.05) is 13.8 Å². The van der Waals surface area contributed by atoms with E-state index < -0.39 is 66.2 Å². The highest BCUT2D eigenvalue weighted by molar-refractivity contribution is 5.94. The summed E-state index contributed by atoms with van der Waals surface area (Å²) >= 11 is 0.